The second-order valence-corrected chi connectivity index (χ2v) is 4.48. The van der Waals surface area contributed by atoms with E-state index in [1.165, 1.54) is 18.9 Å². The number of amides is 1. The lowest BCUT2D eigenvalue weighted by atomic mass is 10.1. The van der Waals surface area contributed by atoms with Crippen LogP contribution in [0.2, 0.25) is 0 Å². The molecule has 0 aromatic rings. The fraction of sp³-hybridized carbons (Fsp3) is 0.727. The summed E-state index contributed by atoms with van der Waals surface area (Å²) in [5, 5.41) is 2.99. The van der Waals surface area contributed by atoms with Gasteiger partial charge in [-0.15, -0.1) is 0 Å². The van der Waals surface area contributed by atoms with E-state index in [-0.39, 0.29) is 5.91 Å². The van der Waals surface area contributed by atoms with Crippen LogP contribution < -0.4 is 5.32 Å². The van der Waals surface area contributed by atoms with Crippen LogP contribution in [0.15, 0.2) is 12.7 Å². The SMILES string of the molecule is C=CC(=O)NC1CN(C2CC2)CC1C. The van der Waals surface area contributed by atoms with Gasteiger partial charge in [-0.2, -0.15) is 0 Å². The molecule has 3 heteroatoms. The third-order valence-corrected chi connectivity index (χ3v) is 3.22. The molecule has 14 heavy (non-hydrogen) atoms. The molecule has 78 valence electrons. The van der Waals surface area contributed by atoms with Gasteiger partial charge in [-0.3, -0.25) is 9.69 Å². The number of hydrogen-bond acceptors (Lipinski definition) is 2. The molecule has 2 aliphatic rings. The van der Waals surface area contributed by atoms with Crippen LogP contribution in [0.25, 0.3) is 0 Å². The number of carbonyl (C=O) groups excluding carboxylic acids is 1. The van der Waals surface area contributed by atoms with Crippen LogP contribution in [0.1, 0.15) is 19.8 Å². The molecule has 1 aliphatic carbocycles. The Hall–Kier alpha value is -0.830. The second-order valence-electron chi connectivity index (χ2n) is 4.48. The van der Waals surface area contributed by atoms with Crippen molar-refractivity contribution in [3.8, 4) is 0 Å². The minimum atomic E-state index is -0.0421. The van der Waals surface area contributed by atoms with Gasteiger partial charge in [0.2, 0.25) is 5.91 Å². The molecule has 0 spiro atoms. The summed E-state index contributed by atoms with van der Waals surface area (Å²) in [7, 11) is 0. The highest BCUT2D eigenvalue weighted by Crippen LogP contribution is 2.31. The van der Waals surface area contributed by atoms with Crippen LogP contribution in [0.5, 0.6) is 0 Å². The van der Waals surface area contributed by atoms with Crippen LogP contribution in [0.4, 0.5) is 0 Å². The van der Waals surface area contributed by atoms with E-state index in [0.29, 0.717) is 12.0 Å². The fourth-order valence-electron chi connectivity index (χ4n) is 2.17. The predicted molar refractivity (Wildman–Crippen MR) is 55.9 cm³/mol. The van der Waals surface area contributed by atoms with E-state index in [2.05, 4.69) is 23.7 Å². The zero-order valence-electron chi connectivity index (χ0n) is 8.70. The molecular formula is C11H18N2O. The minimum absolute atomic E-state index is 0.0421. The second kappa shape index (κ2) is 3.73. The zero-order valence-corrected chi connectivity index (χ0v) is 8.70. The van der Waals surface area contributed by atoms with Gasteiger partial charge in [0, 0.05) is 25.2 Å². The van der Waals surface area contributed by atoms with Gasteiger partial charge in [0.1, 0.15) is 0 Å². The maximum Gasteiger partial charge on any atom is 0.243 e. The van der Waals surface area contributed by atoms with Crippen molar-refractivity contribution in [2.24, 2.45) is 5.92 Å². The number of nitrogens with zero attached hydrogens (tertiary/aromatic N) is 1. The van der Waals surface area contributed by atoms with E-state index in [1.54, 1.807) is 0 Å². The van der Waals surface area contributed by atoms with Crippen molar-refractivity contribution in [2.45, 2.75) is 31.8 Å². The van der Waals surface area contributed by atoms with Crippen LogP contribution in [0, 0.1) is 5.92 Å². The Balaban J connectivity index is 1.86. The quantitative estimate of drug-likeness (QED) is 0.673. The Labute approximate surface area is 85.2 Å². The van der Waals surface area contributed by atoms with Gasteiger partial charge in [-0.25, -0.2) is 0 Å². The highest BCUT2D eigenvalue weighted by Gasteiger charge is 2.38. The summed E-state index contributed by atoms with van der Waals surface area (Å²) < 4.78 is 0. The Morgan fingerprint density at radius 1 is 1.50 bits per heavy atom. The average Bonchev–Trinajstić information content (AvgIpc) is 2.94. The van der Waals surface area contributed by atoms with Crippen molar-refractivity contribution in [1.82, 2.24) is 10.2 Å². The van der Waals surface area contributed by atoms with Crippen molar-refractivity contribution in [2.75, 3.05) is 13.1 Å². The zero-order chi connectivity index (χ0) is 10.1. The topological polar surface area (TPSA) is 32.3 Å². The van der Waals surface area contributed by atoms with Gasteiger partial charge in [0.15, 0.2) is 0 Å². The Bertz CT molecular complexity index is 248. The summed E-state index contributed by atoms with van der Waals surface area (Å²) in [5.41, 5.74) is 0. The molecule has 1 heterocycles. The monoisotopic (exact) mass is 194 g/mol. The molecule has 0 radical (unpaired) electrons. The largest absolute Gasteiger partial charge is 0.348 e. The summed E-state index contributed by atoms with van der Waals surface area (Å²) in [6, 6.07) is 1.13. The van der Waals surface area contributed by atoms with Crippen molar-refractivity contribution in [3.63, 3.8) is 0 Å². The maximum atomic E-state index is 11.2. The number of hydrogen-bond donors (Lipinski definition) is 1. The van der Waals surface area contributed by atoms with Crippen molar-refractivity contribution in [1.29, 1.82) is 0 Å². The third-order valence-electron chi connectivity index (χ3n) is 3.22. The standard InChI is InChI=1S/C11H18N2O/c1-3-11(14)12-10-7-13(6-8(10)2)9-4-5-9/h3,8-10H,1,4-7H2,2H3,(H,12,14). The number of carbonyl (C=O) groups is 1. The van der Waals surface area contributed by atoms with Gasteiger partial charge in [-0.05, 0) is 24.8 Å². The molecule has 2 rings (SSSR count). The van der Waals surface area contributed by atoms with Gasteiger partial charge in [0.25, 0.3) is 0 Å². The molecule has 2 unspecified atom stereocenters. The van der Waals surface area contributed by atoms with E-state index < -0.39 is 0 Å². The maximum absolute atomic E-state index is 11.2. The average molecular weight is 194 g/mol. The molecule has 0 bridgehead atoms. The third kappa shape index (κ3) is 1.98. The van der Waals surface area contributed by atoms with E-state index in [9.17, 15) is 4.79 Å². The highest BCUT2D eigenvalue weighted by atomic mass is 16.1. The first-order valence-corrected chi connectivity index (χ1v) is 5.37. The molecule has 2 atom stereocenters. The van der Waals surface area contributed by atoms with Crippen molar-refractivity contribution < 1.29 is 4.79 Å². The molecule has 3 nitrogen and oxygen atoms in total. The number of likely N-dealkylation sites (tertiary alicyclic amines) is 1. The lowest BCUT2D eigenvalue weighted by Gasteiger charge is -2.15. The van der Waals surface area contributed by atoms with E-state index in [1.807, 2.05) is 0 Å². The summed E-state index contributed by atoms with van der Waals surface area (Å²) in [4.78, 5) is 13.7. The summed E-state index contributed by atoms with van der Waals surface area (Å²) in [6.07, 6.45) is 4.04. The normalized spacial score (nSPS) is 32.9. The van der Waals surface area contributed by atoms with Crippen molar-refractivity contribution in [3.05, 3.63) is 12.7 Å². The van der Waals surface area contributed by atoms with Crippen LogP contribution in [0.3, 0.4) is 0 Å². The van der Waals surface area contributed by atoms with E-state index in [4.69, 9.17) is 0 Å². The Kier molecular flexibility index (Phi) is 2.59. The van der Waals surface area contributed by atoms with Crippen molar-refractivity contribution >= 4 is 5.91 Å². The molecule has 0 aromatic carbocycles. The van der Waals surface area contributed by atoms with E-state index >= 15 is 0 Å². The summed E-state index contributed by atoms with van der Waals surface area (Å²) in [5.74, 6) is 0.527. The van der Waals surface area contributed by atoms with Crippen LogP contribution in [-0.2, 0) is 4.79 Å². The van der Waals surface area contributed by atoms with Crippen LogP contribution in [-0.4, -0.2) is 36.0 Å². The van der Waals surface area contributed by atoms with Gasteiger partial charge < -0.3 is 5.32 Å². The first-order chi connectivity index (χ1) is 6.70. The molecule has 1 saturated heterocycles. The van der Waals surface area contributed by atoms with E-state index in [0.717, 1.165) is 19.1 Å². The number of rotatable bonds is 3. The molecule has 1 amide bonds. The van der Waals surface area contributed by atoms with Crippen LogP contribution >= 0.6 is 0 Å². The molecule has 1 N–H and O–H groups in total. The summed E-state index contributed by atoms with van der Waals surface area (Å²) >= 11 is 0. The predicted octanol–water partition coefficient (Wildman–Crippen LogP) is 0.771. The first kappa shape index (κ1) is 9.71. The minimum Gasteiger partial charge on any atom is -0.348 e. The molecule has 1 aliphatic heterocycles. The molecule has 0 aromatic heterocycles. The molecular weight excluding hydrogens is 176 g/mol. The highest BCUT2D eigenvalue weighted by molar-refractivity contribution is 5.87. The smallest absolute Gasteiger partial charge is 0.243 e. The Morgan fingerprint density at radius 3 is 2.79 bits per heavy atom. The molecule has 1 saturated carbocycles. The fourth-order valence-corrected chi connectivity index (χ4v) is 2.17. The lowest BCUT2D eigenvalue weighted by molar-refractivity contribution is -0.117. The van der Waals surface area contributed by atoms with Gasteiger partial charge >= 0.3 is 0 Å². The molecule has 2 fully saturated rings. The van der Waals surface area contributed by atoms with Gasteiger partial charge in [0.05, 0.1) is 0 Å². The first-order valence-electron chi connectivity index (χ1n) is 5.37. The Morgan fingerprint density at radius 2 is 2.21 bits per heavy atom. The summed E-state index contributed by atoms with van der Waals surface area (Å²) in [6.45, 7) is 7.82. The lowest BCUT2D eigenvalue weighted by Crippen LogP contribution is -2.39. The van der Waals surface area contributed by atoms with Gasteiger partial charge in [-0.1, -0.05) is 13.5 Å². The number of nitrogens with one attached hydrogen (secondary N) is 1.